The number of allylic oxidation sites excluding steroid dienone is 1. The molecule has 1 aromatic carbocycles. The molecule has 0 atom stereocenters. The summed E-state index contributed by atoms with van der Waals surface area (Å²) in [6.45, 7) is 0. The van der Waals surface area contributed by atoms with Gasteiger partial charge in [0.2, 0.25) is 0 Å². The highest BCUT2D eigenvalue weighted by Crippen LogP contribution is 2.30. The highest BCUT2D eigenvalue weighted by atomic mass is 35.5. The molecule has 112 valence electrons. The molecule has 1 saturated carbocycles. The number of hydrogen-bond acceptors (Lipinski definition) is 3. The van der Waals surface area contributed by atoms with Crippen LogP contribution in [0, 0.1) is 0 Å². The van der Waals surface area contributed by atoms with E-state index in [0.717, 1.165) is 42.5 Å². The van der Waals surface area contributed by atoms with Gasteiger partial charge in [-0.25, -0.2) is 10.2 Å². The van der Waals surface area contributed by atoms with Crippen molar-refractivity contribution in [3.8, 4) is 0 Å². The van der Waals surface area contributed by atoms with Crippen LogP contribution in [0.4, 0.5) is 4.79 Å². The monoisotopic (exact) mass is 326 g/mol. The van der Waals surface area contributed by atoms with E-state index in [1.165, 1.54) is 7.11 Å². The van der Waals surface area contributed by atoms with Crippen molar-refractivity contribution in [2.75, 3.05) is 7.11 Å². The molecule has 1 aliphatic rings. The average Bonchev–Trinajstić information content (AvgIpc) is 2.49. The van der Waals surface area contributed by atoms with Crippen LogP contribution in [0.2, 0.25) is 10.0 Å². The van der Waals surface area contributed by atoms with Gasteiger partial charge in [0.1, 0.15) is 0 Å². The lowest BCUT2D eigenvalue weighted by atomic mass is 9.91. The Bertz CT molecular complexity index is 577. The second-order valence-corrected chi connectivity index (χ2v) is 5.49. The van der Waals surface area contributed by atoms with Gasteiger partial charge >= 0.3 is 6.09 Å². The van der Waals surface area contributed by atoms with E-state index in [2.05, 4.69) is 15.3 Å². The van der Waals surface area contributed by atoms with Crippen molar-refractivity contribution in [2.24, 2.45) is 5.10 Å². The van der Waals surface area contributed by atoms with Crippen LogP contribution in [0.25, 0.3) is 6.08 Å². The fraction of sp³-hybridized carbons (Fsp3) is 0.333. The van der Waals surface area contributed by atoms with Crippen LogP contribution in [0.5, 0.6) is 0 Å². The third-order valence-electron chi connectivity index (χ3n) is 3.27. The summed E-state index contributed by atoms with van der Waals surface area (Å²) in [5.41, 5.74) is 5.02. The second kappa shape index (κ2) is 7.48. The first-order valence-electron chi connectivity index (χ1n) is 6.67. The zero-order chi connectivity index (χ0) is 15.2. The Balaban J connectivity index is 2.30. The highest BCUT2D eigenvalue weighted by Gasteiger charge is 2.15. The Morgan fingerprint density at radius 2 is 1.95 bits per heavy atom. The van der Waals surface area contributed by atoms with Crippen molar-refractivity contribution in [1.29, 1.82) is 0 Å². The Hall–Kier alpha value is -1.52. The fourth-order valence-corrected chi connectivity index (χ4v) is 2.68. The molecule has 4 nitrogen and oxygen atoms in total. The molecule has 0 aliphatic heterocycles. The molecular formula is C15H16Cl2N2O2. The molecule has 1 N–H and O–H groups in total. The summed E-state index contributed by atoms with van der Waals surface area (Å²) in [7, 11) is 1.30. The normalized spacial score (nSPS) is 18.8. The van der Waals surface area contributed by atoms with Crippen LogP contribution < -0.4 is 5.43 Å². The van der Waals surface area contributed by atoms with Gasteiger partial charge in [-0.3, -0.25) is 0 Å². The van der Waals surface area contributed by atoms with Crippen LogP contribution in [-0.2, 0) is 4.74 Å². The molecule has 1 aliphatic carbocycles. The van der Waals surface area contributed by atoms with Gasteiger partial charge in [0.15, 0.2) is 0 Å². The molecule has 1 aromatic rings. The van der Waals surface area contributed by atoms with E-state index < -0.39 is 6.09 Å². The molecule has 21 heavy (non-hydrogen) atoms. The first-order chi connectivity index (χ1) is 10.1. The quantitative estimate of drug-likeness (QED) is 0.803. The zero-order valence-electron chi connectivity index (χ0n) is 11.7. The van der Waals surface area contributed by atoms with E-state index in [1.54, 1.807) is 18.2 Å². The molecule has 0 unspecified atom stereocenters. The number of ether oxygens (including phenoxy) is 1. The Labute approximate surface area is 133 Å². The van der Waals surface area contributed by atoms with E-state index >= 15 is 0 Å². The second-order valence-electron chi connectivity index (χ2n) is 4.67. The lowest BCUT2D eigenvalue weighted by Crippen LogP contribution is -2.21. The van der Waals surface area contributed by atoms with Crippen molar-refractivity contribution in [1.82, 2.24) is 5.43 Å². The standard InChI is InChI=1S/C15H16Cl2N2O2/c1-21-15(20)19-18-14-8-3-2-5-10(14)9-11-12(16)6-4-7-13(11)17/h4,6-7,9H,2-3,5,8H2,1H3,(H,19,20). The maximum absolute atomic E-state index is 11.1. The Morgan fingerprint density at radius 1 is 1.29 bits per heavy atom. The summed E-state index contributed by atoms with van der Waals surface area (Å²) in [5, 5.41) is 5.32. The molecule has 0 saturated heterocycles. The van der Waals surface area contributed by atoms with Crippen LogP contribution in [-0.4, -0.2) is 18.9 Å². The molecule has 0 heterocycles. The number of hydrogen-bond donors (Lipinski definition) is 1. The third-order valence-corrected chi connectivity index (χ3v) is 3.93. The van der Waals surface area contributed by atoms with Gasteiger partial charge in [-0.05, 0) is 49.5 Å². The molecule has 0 aromatic heterocycles. The van der Waals surface area contributed by atoms with E-state index in [1.807, 2.05) is 6.08 Å². The molecule has 6 heteroatoms. The van der Waals surface area contributed by atoms with Gasteiger partial charge in [-0.15, -0.1) is 0 Å². The Kier molecular flexibility index (Phi) is 5.65. The minimum absolute atomic E-state index is 0.580. The molecule has 1 amide bonds. The number of halogens is 2. The molecule has 2 rings (SSSR count). The maximum atomic E-state index is 11.1. The van der Waals surface area contributed by atoms with E-state index in [0.29, 0.717) is 10.0 Å². The predicted octanol–water partition coefficient (Wildman–Crippen LogP) is 4.66. The lowest BCUT2D eigenvalue weighted by molar-refractivity contribution is 0.171. The van der Waals surface area contributed by atoms with E-state index in [-0.39, 0.29) is 0 Å². The summed E-state index contributed by atoms with van der Waals surface area (Å²) in [6.07, 6.45) is 5.16. The largest absolute Gasteiger partial charge is 0.452 e. The van der Waals surface area contributed by atoms with Gasteiger partial charge in [-0.2, -0.15) is 5.10 Å². The average molecular weight is 327 g/mol. The number of methoxy groups -OCH3 is 1. The van der Waals surface area contributed by atoms with E-state index in [9.17, 15) is 4.79 Å². The van der Waals surface area contributed by atoms with Gasteiger partial charge in [0.25, 0.3) is 0 Å². The van der Waals surface area contributed by atoms with Gasteiger partial charge in [-0.1, -0.05) is 29.3 Å². The number of carbonyl (C=O) groups excluding carboxylic acids is 1. The van der Waals surface area contributed by atoms with Gasteiger partial charge in [0.05, 0.1) is 12.8 Å². The molecular weight excluding hydrogens is 311 g/mol. The van der Waals surface area contributed by atoms with Crippen LogP contribution in [0.15, 0.2) is 28.9 Å². The first kappa shape index (κ1) is 15.9. The summed E-state index contributed by atoms with van der Waals surface area (Å²) in [6, 6.07) is 5.40. The molecule has 0 spiro atoms. The molecule has 0 bridgehead atoms. The van der Waals surface area contributed by atoms with Crippen molar-refractivity contribution >= 4 is 41.1 Å². The maximum Gasteiger partial charge on any atom is 0.427 e. The van der Waals surface area contributed by atoms with Crippen LogP contribution in [0.1, 0.15) is 31.2 Å². The lowest BCUT2D eigenvalue weighted by Gasteiger charge is -2.17. The fourth-order valence-electron chi connectivity index (χ4n) is 2.18. The van der Waals surface area contributed by atoms with Crippen molar-refractivity contribution < 1.29 is 9.53 Å². The summed E-state index contributed by atoms with van der Waals surface area (Å²) >= 11 is 12.4. The summed E-state index contributed by atoms with van der Waals surface area (Å²) in [4.78, 5) is 11.1. The van der Waals surface area contributed by atoms with Crippen molar-refractivity contribution in [3.63, 3.8) is 0 Å². The number of rotatable bonds is 2. The number of nitrogens with zero attached hydrogens (tertiary/aromatic N) is 1. The Morgan fingerprint density at radius 3 is 2.62 bits per heavy atom. The zero-order valence-corrected chi connectivity index (χ0v) is 13.2. The van der Waals surface area contributed by atoms with Crippen LogP contribution in [0.3, 0.4) is 0 Å². The van der Waals surface area contributed by atoms with Gasteiger partial charge in [0, 0.05) is 15.6 Å². The predicted molar refractivity (Wildman–Crippen MR) is 85.9 cm³/mol. The number of hydrazone groups is 1. The smallest absolute Gasteiger partial charge is 0.427 e. The highest BCUT2D eigenvalue weighted by molar-refractivity contribution is 6.37. The van der Waals surface area contributed by atoms with E-state index in [4.69, 9.17) is 23.2 Å². The SMILES string of the molecule is COC(=O)NN=C1CCCCC1=Cc1c(Cl)cccc1Cl. The van der Waals surface area contributed by atoms with Crippen LogP contribution >= 0.6 is 23.2 Å². The minimum Gasteiger partial charge on any atom is -0.452 e. The van der Waals surface area contributed by atoms with Crippen molar-refractivity contribution in [2.45, 2.75) is 25.7 Å². The molecule has 0 radical (unpaired) electrons. The summed E-state index contributed by atoms with van der Waals surface area (Å²) < 4.78 is 4.51. The van der Waals surface area contributed by atoms with Crippen molar-refractivity contribution in [3.05, 3.63) is 39.4 Å². The van der Waals surface area contributed by atoms with Gasteiger partial charge < -0.3 is 4.74 Å². The topological polar surface area (TPSA) is 50.7 Å². The third kappa shape index (κ3) is 4.22. The number of amides is 1. The first-order valence-corrected chi connectivity index (χ1v) is 7.43. The number of nitrogens with one attached hydrogen (secondary N) is 1. The number of benzene rings is 1. The summed E-state index contributed by atoms with van der Waals surface area (Å²) in [5.74, 6) is 0. The number of carbonyl (C=O) groups is 1. The minimum atomic E-state index is -0.580. The molecule has 1 fully saturated rings.